The lowest BCUT2D eigenvalue weighted by Gasteiger charge is -2.44. The molecule has 0 radical (unpaired) electrons. The Balaban J connectivity index is 2.13. The van der Waals surface area contributed by atoms with Gasteiger partial charge < -0.3 is 4.90 Å². The van der Waals surface area contributed by atoms with Gasteiger partial charge in [0.05, 0.1) is 0 Å². The molecule has 0 saturated heterocycles. The monoisotopic (exact) mass is 393 g/mol. The third-order valence-electron chi connectivity index (χ3n) is 5.73. The maximum atomic E-state index is 2.41. The van der Waals surface area contributed by atoms with Crippen LogP contribution in [0.5, 0.6) is 0 Å². The van der Waals surface area contributed by atoms with Crippen LogP contribution in [0.3, 0.4) is 0 Å². The molecule has 1 unspecified atom stereocenters. The first-order valence-electron chi connectivity index (χ1n) is 10.1. The van der Waals surface area contributed by atoms with E-state index in [-0.39, 0.29) is 5.67 Å². The quantitative estimate of drug-likeness (QED) is 0.354. The topological polar surface area (TPSA) is 3.24 Å². The minimum atomic E-state index is -2.43. The Kier molecular flexibility index (Phi) is 5.75. The standard InChI is InChI=1S/C27H27NSi/c1-28(2)27(23-15-7-3-8-16-23)29(24-17-9-4-10-18-24,25-19-11-5-12-20-25)26-21-13-6-14-22-26/h3-22,27H,1-2H3. The molecule has 0 aliphatic rings. The van der Waals surface area contributed by atoms with Gasteiger partial charge in [0.1, 0.15) is 0 Å². The third-order valence-corrected chi connectivity index (χ3v) is 11.1. The summed E-state index contributed by atoms with van der Waals surface area (Å²) in [6, 6.07) is 44.4. The molecule has 0 saturated carbocycles. The second kappa shape index (κ2) is 8.60. The van der Waals surface area contributed by atoms with Crippen LogP contribution in [0.1, 0.15) is 11.2 Å². The van der Waals surface area contributed by atoms with E-state index in [1.165, 1.54) is 21.1 Å². The van der Waals surface area contributed by atoms with E-state index in [0.717, 1.165) is 0 Å². The van der Waals surface area contributed by atoms with Crippen LogP contribution < -0.4 is 15.6 Å². The van der Waals surface area contributed by atoms with Crippen molar-refractivity contribution < 1.29 is 0 Å². The Morgan fingerprint density at radius 2 is 0.793 bits per heavy atom. The number of benzene rings is 4. The first-order chi connectivity index (χ1) is 14.2. The molecule has 4 aromatic carbocycles. The fourth-order valence-corrected chi connectivity index (χ4v) is 10.2. The molecule has 4 aromatic rings. The molecular formula is C27H27NSi. The van der Waals surface area contributed by atoms with Gasteiger partial charge in [-0.2, -0.15) is 0 Å². The van der Waals surface area contributed by atoms with Gasteiger partial charge in [0, 0.05) is 5.67 Å². The molecule has 0 aromatic heterocycles. The lowest BCUT2D eigenvalue weighted by molar-refractivity contribution is 0.375. The van der Waals surface area contributed by atoms with Crippen molar-refractivity contribution in [2.24, 2.45) is 0 Å². The van der Waals surface area contributed by atoms with Crippen molar-refractivity contribution in [1.29, 1.82) is 0 Å². The fourth-order valence-electron chi connectivity index (χ4n) is 4.65. The number of rotatable bonds is 6. The molecule has 0 aliphatic heterocycles. The molecule has 0 heterocycles. The van der Waals surface area contributed by atoms with E-state index in [2.05, 4.69) is 140 Å². The van der Waals surface area contributed by atoms with E-state index in [1.54, 1.807) is 0 Å². The maximum Gasteiger partial charge on any atom is 0.170 e. The van der Waals surface area contributed by atoms with Crippen LogP contribution in [-0.2, 0) is 0 Å². The van der Waals surface area contributed by atoms with Gasteiger partial charge in [-0.1, -0.05) is 121 Å². The zero-order valence-electron chi connectivity index (χ0n) is 17.1. The molecular weight excluding hydrogens is 366 g/mol. The normalized spacial score (nSPS) is 12.7. The first-order valence-corrected chi connectivity index (χ1v) is 12.2. The maximum absolute atomic E-state index is 2.43. The largest absolute Gasteiger partial charge is 0.304 e. The Morgan fingerprint density at radius 3 is 1.10 bits per heavy atom. The summed E-state index contributed by atoms with van der Waals surface area (Å²) in [6.07, 6.45) is 0. The van der Waals surface area contributed by atoms with Gasteiger partial charge in [0.25, 0.3) is 0 Å². The molecule has 4 rings (SSSR count). The highest BCUT2D eigenvalue weighted by Crippen LogP contribution is 2.29. The van der Waals surface area contributed by atoms with Crippen LogP contribution in [0.4, 0.5) is 0 Å². The molecule has 1 nitrogen and oxygen atoms in total. The zero-order valence-corrected chi connectivity index (χ0v) is 18.1. The average molecular weight is 394 g/mol. The SMILES string of the molecule is CN(C)C(c1ccccc1)[Si](c1ccccc1)(c1ccccc1)c1ccccc1. The predicted molar refractivity (Wildman–Crippen MR) is 127 cm³/mol. The highest BCUT2D eigenvalue weighted by molar-refractivity contribution is 7.12. The summed E-state index contributed by atoms with van der Waals surface area (Å²) in [5.74, 6) is 0. The van der Waals surface area contributed by atoms with Gasteiger partial charge in [-0.15, -0.1) is 0 Å². The molecule has 0 spiro atoms. The summed E-state index contributed by atoms with van der Waals surface area (Å²) >= 11 is 0. The van der Waals surface area contributed by atoms with E-state index < -0.39 is 8.07 Å². The summed E-state index contributed by atoms with van der Waals surface area (Å²) in [5, 5.41) is 4.29. The Labute approximate surface area is 175 Å². The van der Waals surface area contributed by atoms with Crippen molar-refractivity contribution in [2.75, 3.05) is 14.1 Å². The van der Waals surface area contributed by atoms with Gasteiger partial charge >= 0.3 is 0 Å². The Bertz CT molecular complexity index is 918. The smallest absolute Gasteiger partial charge is 0.170 e. The van der Waals surface area contributed by atoms with E-state index >= 15 is 0 Å². The molecule has 0 bridgehead atoms. The van der Waals surface area contributed by atoms with E-state index in [4.69, 9.17) is 0 Å². The summed E-state index contributed by atoms with van der Waals surface area (Å²) in [4.78, 5) is 2.41. The highest BCUT2D eigenvalue weighted by atomic mass is 28.3. The second-order valence-electron chi connectivity index (χ2n) is 7.68. The van der Waals surface area contributed by atoms with Crippen molar-refractivity contribution in [3.8, 4) is 0 Å². The van der Waals surface area contributed by atoms with Crippen molar-refractivity contribution in [3.63, 3.8) is 0 Å². The number of hydrogen-bond donors (Lipinski definition) is 0. The second-order valence-corrected chi connectivity index (χ2v) is 11.6. The highest BCUT2D eigenvalue weighted by Gasteiger charge is 2.48. The molecule has 0 aliphatic carbocycles. The van der Waals surface area contributed by atoms with E-state index in [0.29, 0.717) is 0 Å². The van der Waals surface area contributed by atoms with Gasteiger partial charge in [0.2, 0.25) is 0 Å². The Morgan fingerprint density at radius 1 is 0.483 bits per heavy atom. The molecule has 2 heteroatoms. The van der Waals surface area contributed by atoms with Crippen LogP contribution in [0.25, 0.3) is 0 Å². The minimum Gasteiger partial charge on any atom is -0.304 e. The molecule has 0 fully saturated rings. The van der Waals surface area contributed by atoms with Gasteiger partial charge in [-0.05, 0) is 35.2 Å². The predicted octanol–water partition coefficient (Wildman–Crippen LogP) is 4.00. The van der Waals surface area contributed by atoms with Gasteiger partial charge in [-0.25, -0.2) is 0 Å². The van der Waals surface area contributed by atoms with Crippen LogP contribution in [0.15, 0.2) is 121 Å². The van der Waals surface area contributed by atoms with E-state index in [9.17, 15) is 0 Å². The minimum absolute atomic E-state index is 0.260. The zero-order chi connectivity index (χ0) is 20.1. The lowest BCUT2D eigenvalue weighted by Crippen LogP contribution is -2.73. The lowest BCUT2D eigenvalue weighted by atomic mass is 10.2. The van der Waals surface area contributed by atoms with Crippen LogP contribution in [-0.4, -0.2) is 27.1 Å². The summed E-state index contributed by atoms with van der Waals surface area (Å²) in [5.41, 5.74) is 1.62. The molecule has 0 amide bonds. The van der Waals surface area contributed by atoms with Gasteiger partial charge in [0.15, 0.2) is 8.07 Å². The first kappa shape index (κ1) is 19.4. The van der Waals surface area contributed by atoms with Crippen LogP contribution in [0.2, 0.25) is 0 Å². The molecule has 1 atom stereocenters. The van der Waals surface area contributed by atoms with Crippen molar-refractivity contribution >= 4 is 23.6 Å². The van der Waals surface area contributed by atoms with Crippen LogP contribution in [0, 0.1) is 0 Å². The molecule has 29 heavy (non-hydrogen) atoms. The summed E-state index contributed by atoms with van der Waals surface area (Å²) < 4.78 is 0. The number of hydrogen-bond acceptors (Lipinski definition) is 1. The van der Waals surface area contributed by atoms with Crippen molar-refractivity contribution in [2.45, 2.75) is 5.67 Å². The summed E-state index contributed by atoms with van der Waals surface area (Å²) in [7, 11) is 2.00. The van der Waals surface area contributed by atoms with Crippen molar-refractivity contribution in [1.82, 2.24) is 4.90 Å². The van der Waals surface area contributed by atoms with Crippen LogP contribution >= 0.6 is 0 Å². The van der Waals surface area contributed by atoms with Gasteiger partial charge in [-0.3, -0.25) is 0 Å². The summed E-state index contributed by atoms with van der Waals surface area (Å²) in [6.45, 7) is 0. The fraction of sp³-hybridized carbons (Fsp3) is 0.111. The Hall–Kier alpha value is -2.94. The molecule has 0 N–H and O–H groups in total. The molecule has 144 valence electrons. The average Bonchev–Trinajstić information content (AvgIpc) is 2.79. The number of nitrogens with zero attached hydrogens (tertiary/aromatic N) is 1. The van der Waals surface area contributed by atoms with E-state index in [1.807, 2.05) is 0 Å². The third kappa shape index (κ3) is 3.57. The van der Waals surface area contributed by atoms with Crippen molar-refractivity contribution in [3.05, 3.63) is 127 Å².